The molecule has 2 aliphatic heterocycles. The largest absolute Gasteiger partial charge is 0.433 e. The normalized spacial score (nSPS) is 21.6. The molecule has 3 aromatic rings. The first-order chi connectivity index (χ1) is 15.3. The van der Waals surface area contributed by atoms with Crippen LogP contribution in [0.2, 0.25) is 0 Å². The SMILES string of the molecule is Cc1cc2nc([C@@H]3CCCN(C(=O)[C@@H]4OCCc5ccccc54)C3)cc(C(F)(F)F)n2n1. The van der Waals surface area contributed by atoms with Crippen molar-refractivity contribution in [2.75, 3.05) is 19.7 Å². The second-order valence-corrected chi connectivity index (χ2v) is 8.44. The lowest BCUT2D eigenvalue weighted by Gasteiger charge is -2.36. The Balaban J connectivity index is 1.44. The van der Waals surface area contributed by atoms with Gasteiger partial charge in [0.05, 0.1) is 12.3 Å². The summed E-state index contributed by atoms with van der Waals surface area (Å²) in [7, 11) is 0. The van der Waals surface area contributed by atoms with Crippen LogP contribution in [-0.4, -0.2) is 45.1 Å². The molecule has 2 aromatic heterocycles. The van der Waals surface area contributed by atoms with E-state index in [0.29, 0.717) is 43.9 Å². The lowest BCUT2D eigenvalue weighted by atomic mass is 9.92. The van der Waals surface area contributed by atoms with Gasteiger partial charge in [0.2, 0.25) is 0 Å². The predicted octanol–water partition coefficient (Wildman–Crippen LogP) is 4.08. The number of aromatic nitrogens is 3. The standard InChI is InChI=1S/C23H23F3N4O2/c1-14-11-20-27-18(12-19(23(24,25)26)30(20)28-14)16-6-4-9-29(13-16)22(31)21-17-7-3-2-5-15(17)8-10-32-21/h2-3,5,7,11-12,16,21H,4,6,8-10,13H2,1H3/t16-,21-/m1/s1. The molecule has 0 spiro atoms. The fraction of sp³-hybridized carbons (Fsp3) is 0.435. The van der Waals surface area contributed by atoms with Crippen molar-refractivity contribution in [2.24, 2.45) is 0 Å². The minimum atomic E-state index is -4.56. The van der Waals surface area contributed by atoms with Gasteiger partial charge in [-0.15, -0.1) is 0 Å². The molecule has 0 N–H and O–H groups in total. The maximum absolute atomic E-state index is 13.7. The summed E-state index contributed by atoms with van der Waals surface area (Å²) in [4.78, 5) is 19.5. The quantitative estimate of drug-likeness (QED) is 0.598. The topological polar surface area (TPSA) is 59.7 Å². The molecule has 1 aromatic carbocycles. The average molecular weight is 444 g/mol. The van der Waals surface area contributed by atoms with Crippen LogP contribution < -0.4 is 0 Å². The van der Waals surface area contributed by atoms with Crippen LogP contribution in [0.3, 0.4) is 0 Å². The molecule has 1 fully saturated rings. The number of carbonyl (C=O) groups excluding carboxylic acids is 1. The van der Waals surface area contributed by atoms with Gasteiger partial charge in [-0.05, 0) is 43.4 Å². The number of hydrogen-bond acceptors (Lipinski definition) is 4. The summed E-state index contributed by atoms with van der Waals surface area (Å²) < 4.78 is 47.7. The van der Waals surface area contributed by atoms with Gasteiger partial charge in [-0.25, -0.2) is 9.50 Å². The number of fused-ring (bicyclic) bond motifs is 2. The van der Waals surface area contributed by atoms with Gasteiger partial charge in [-0.3, -0.25) is 4.79 Å². The van der Waals surface area contributed by atoms with Crippen molar-refractivity contribution in [3.8, 4) is 0 Å². The summed E-state index contributed by atoms with van der Waals surface area (Å²) >= 11 is 0. The van der Waals surface area contributed by atoms with E-state index in [1.807, 2.05) is 24.3 Å². The Morgan fingerprint density at radius 1 is 1.22 bits per heavy atom. The number of piperidine rings is 1. The van der Waals surface area contributed by atoms with Crippen molar-refractivity contribution in [3.63, 3.8) is 0 Å². The van der Waals surface area contributed by atoms with E-state index in [1.54, 1.807) is 11.8 Å². The predicted molar refractivity (Wildman–Crippen MR) is 110 cm³/mol. The van der Waals surface area contributed by atoms with Crippen molar-refractivity contribution in [1.82, 2.24) is 19.5 Å². The number of nitrogens with zero attached hydrogens (tertiary/aromatic N) is 4. The van der Waals surface area contributed by atoms with Gasteiger partial charge in [0, 0.05) is 30.8 Å². The third-order valence-electron chi connectivity index (χ3n) is 6.23. The van der Waals surface area contributed by atoms with Crippen molar-refractivity contribution in [2.45, 2.75) is 44.4 Å². The number of hydrogen-bond donors (Lipinski definition) is 0. The van der Waals surface area contributed by atoms with Crippen molar-refractivity contribution in [3.05, 3.63) is 64.6 Å². The fourth-order valence-electron chi connectivity index (χ4n) is 4.70. The molecule has 4 heterocycles. The maximum atomic E-state index is 13.7. The molecule has 6 nitrogen and oxygen atoms in total. The molecule has 2 atom stereocenters. The molecular weight excluding hydrogens is 421 g/mol. The highest BCUT2D eigenvalue weighted by Gasteiger charge is 2.38. The van der Waals surface area contributed by atoms with Gasteiger partial charge < -0.3 is 9.64 Å². The Kier molecular flexibility index (Phi) is 5.16. The molecule has 32 heavy (non-hydrogen) atoms. The summed E-state index contributed by atoms with van der Waals surface area (Å²) in [6.45, 7) is 2.97. The zero-order valence-electron chi connectivity index (χ0n) is 17.6. The van der Waals surface area contributed by atoms with E-state index in [4.69, 9.17) is 4.74 Å². The number of halogens is 3. The molecule has 168 valence electrons. The lowest BCUT2D eigenvalue weighted by Crippen LogP contribution is -2.43. The van der Waals surface area contributed by atoms with Gasteiger partial charge in [0.1, 0.15) is 5.69 Å². The van der Waals surface area contributed by atoms with Crippen LogP contribution in [0.25, 0.3) is 5.65 Å². The Morgan fingerprint density at radius 3 is 2.84 bits per heavy atom. The highest BCUT2D eigenvalue weighted by molar-refractivity contribution is 5.83. The van der Waals surface area contributed by atoms with Crippen molar-refractivity contribution < 1.29 is 22.7 Å². The number of benzene rings is 1. The first-order valence-electron chi connectivity index (χ1n) is 10.7. The molecule has 0 aliphatic carbocycles. The zero-order chi connectivity index (χ0) is 22.5. The Labute approximate surface area is 183 Å². The molecule has 1 amide bonds. The van der Waals surface area contributed by atoms with Crippen LogP contribution in [0.15, 0.2) is 36.4 Å². The number of rotatable bonds is 2. The van der Waals surface area contributed by atoms with Crippen LogP contribution in [0, 0.1) is 6.92 Å². The number of alkyl halides is 3. The van der Waals surface area contributed by atoms with E-state index < -0.39 is 18.0 Å². The molecule has 0 radical (unpaired) electrons. The van der Waals surface area contributed by atoms with E-state index >= 15 is 0 Å². The second kappa shape index (κ2) is 7.88. The second-order valence-electron chi connectivity index (χ2n) is 8.44. The van der Waals surface area contributed by atoms with Gasteiger partial charge in [-0.1, -0.05) is 24.3 Å². The smallest absolute Gasteiger partial charge is 0.363 e. The summed E-state index contributed by atoms with van der Waals surface area (Å²) in [5.74, 6) is -0.424. The first-order valence-corrected chi connectivity index (χ1v) is 10.7. The van der Waals surface area contributed by atoms with Crippen LogP contribution in [0.4, 0.5) is 13.2 Å². The molecule has 1 saturated heterocycles. The van der Waals surface area contributed by atoms with Gasteiger partial charge >= 0.3 is 6.18 Å². The zero-order valence-corrected chi connectivity index (χ0v) is 17.6. The Morgan fingerprint density at radius 2 is 2.03 bits per heavy atom. The minimum absolute atomic E-state index is 0.140. The van der Waals surface area contributed by atoms with E-state index in [0.717, 1.165) is 28.1 Å². The van der Waals surface area contributed by atoms with E-state index in [9.17, 15) is 18.0 Å². The minimum Gasteiger partial charge on any atom is -0.363 e. The van der Waals surface area contributed by atoms with Crippen LogP contribution in [0.1, 0.15) is 53.1 Å². The van der Waals surface area contributed by atoms with Crippen molar-refractivity contribution in [1.29, 1.82) is 0 Å². The third-order valence-corrected chi connectivity index (χ3v) is 6.23. The Hall–Kier alpha value is -2.94. The van der Waals surface area contributed by atoms with Crippen LogP contribution >= 0.6 is 0 Å². The molecule has 0 saturated carbocycles. The summed E-state index contributed by atoms with van der Waals surface area (Å²) in [6, 6.07) is 10.4. The van der Waals surface area contributed by atoms with Crippen LogP contribution in [0.5, 0.6) is 0 Å². The van der Waals surface area contributed by atoms with Crippen LogP contribution in [-0.2, 0) is 22.1 Å². The van der Waals surface area contributed by atoms with Crippen molar-refractivity contribution >= 4 is 11.6 Å². The lowest BCUT2D eigenvalue weighted by molar-refractivity contribution is -0.146. The van der Waals surface area contributed by atoms with E-state index in [-0.39, 0.29) is 17.5 Å². The number of likely N-dealkylation sites (tertiary alicyclic amines) is 1. The van der Waals surface area contributed by atoms with E-state index in [1.165, 1.54) is 6.07 Å². The monoisotopic (exact) mass is 444 g/mol. The molecular formula is C23H23F3N4O2. The average Bonchev–Trinajstić information content (AvgIpc) is 3.17. The number of aryl methyl sites for hydroxylation is 1. The van der Waals surface area contributed by atoms with Gasteiger partial charge in [0.15, 0.2) is 11.8 Å². The summed E-state index contributed by atoms with van der Waals surface area (Å²) in [5, 5.41) is 3.94. The molecule has 2 aliphatic rings. The highest BCUT2D eigenvalue weighted by atomic mass is 19.4. The van der Waals surface area contributed by atoms with Gasteiger partial charge in [-0.2, -0.15) is 18.3 Å². The first kappa shape index (κ1) is 20.9. The number of carbonyl (C=O) groups is 1. The van der Waals surface area contributed by atoms with Gasteiger partial charge in [0.25, 0.3) is 5.91 Å². The molecule has 0 bridgehead atoms. The maximum Gasteiger partial charge on any atom is 0.433 e. The molecule has 9 heteroatoms. The number of ether oxygens (including phenoxy) is 1. The van der Waals surface area contributed by atoms with E-state index in [2.05, 4.69) is 10.1 Å². The number of amides is 1. The Bertz CT molecular complexity index is 1170. The third kappa shape index (κ3) is 3.74. The molecule has 0 unspecified atom stereocenters. The summed E-state index contributed by atoms with van der Waals surface area (Å²) in [6.07, 6.45) is -3.11. The highest BCUT2D eigenvalue weighted by Crippen LogP contribution is 2.35. The fourth-order valence-corrected chi connectivity index (χ4v) is 4.70. The molecule has 5 rings (SSSR count). The summed E-state index contributed by atoms with van der Waals surface area (Å²) in [5.41, 5.74) is 2.10.